The van der Waals surface area contributed by atoms with Gasteiger partial charge in [-0.25, -0.2) is 4.98 Å². The molecule has 1 aromatic carbocycles. The molecule has 1 unspecified atom stereocenters. The fraction of sp³-hybridized carbons (Fsp3) is 0.381. The van der Waals surface area contributed by atoms with Gasteiger partial charge in [0.2, 0.25) is 5.91 Å². The molecule has 146 valence electrons. The lowest BCUT2D eigenvalue weighted by atomic mass is 10.1. The molecular weight excluding hydrogens is 390 g/mol. The fourth-order valence-electron chi connectivity index (χ4n) is 3.88. The van der Waals surface area contributed by atoms with Crippen LogP contribution in [0.3, 0.4) is 0 Å². The average molecular weight is 414 g/mol. The number of benzene rings is 1. The Kier molecular flexibility index (Phi) is 5.29. The van der Waals surface area contributed by atoms with Gasteiger partial charge in [-0.15, -0.1) is 11.3 Å². The monoisotopic (exact) mass is 413 g/mol. The van der Waals surface area contributed by atoms with E-state index < -0.39 is 11.2 Å². The molecule has 1 aliphatic carbocycles. The number of hydrogen-bond donors (Lipinski definition) is 1. The third-order valence-corrected chi connectivity index (χ3v) is 7.82. The first kappa shape index (κ1) is 19.2. The van der Waals surface area contributed by atoms with E-state index >= 15 is 0 Å². The van der Waals surface area contributed by atoms with Gasteiger partial charge in [-0.1, -0.05) is 54.9 Å². The summed E-state index contributed by atoms with van der Waals surface area (Å²) >= 11 is 2.83. The van der Waals surface area contributed by atoms with Crippen molar-refractivity contribution in [3.8, 4) is 0 Å². The van der Waals surface area contributed by atoms with Gasteiger partial charge in [0.1, 0.15) is 10.1 Å². The van der Waals surface area contributed by atoms with Gasteiger partial charge >= 0.3 is 0 Å². The zero-order valence-electron chi connectivity index (χ0n) is 16.0. The average Bonchev–Trinajstić information content (AvgIpc) is 3.29. The van der Waals surface area contributed by atoms with Crippen molar-refractivity contribution >= 4 is 39.2 Å². The van der Waals surface area contributed by atoms with Crippen LogP contribution < -0.4 is 11.3 Å². The maximum Gasteiger partial charge on any atom is 0.263 e. The highest BCUT2D eigenvalue weighted by Crippen LogP contribution is 2.39. The van der Waals surface area contributed by atoms with E-state index in [2.05, 4.69) is 0 Å². The lowest BCUT2D eigenvalue weighted by molar-refractivity contribution is -0.117. The number of carbonyl (C=O) groups excluding carboxylic acids is 1. The van der Waals surface area contributed by atoms with Crippen molar-refractivity contribution in [3.05, 3.63) is 56.7 Å². The first-order valence-electron chi connectivity index (χ1n) is 9.50. The highest BCUT2D eigenvalue weighted by atomic mass is 32.2. The van der Waals surface area contributed by atoms with Crippen LogP contribution in [0.4, 0.5) is 0 Å². The Bertz CT molecular complexity index is 1080. The lowest BCUT2D eigenvalue weighted by Gasteiger charge is -2.20. The van der Waals surface area contributed by atoms with Gasteiger partial charge in [-0.2, -0.15) is 0 Å². The van der Waals surface area contributed by atoms with E-state index in [0.29, 0.717) is 10.5 Å². The van der Waals surface area contributed by atoms with Crippen molar-refractivity contribution in [2.24, 2.45) is 5.73 Å². The largest absolute Gasteiger partial charge is 0.368 e. The SMILES string of the molecule is Cc1sc2nc(SC(C(N)=O)c3ccccc3)n(C3CCCC3)c(=O)c2c1C. The number of rotatable bonds is 5. The highest BCUT2D eigenvalue weighted by Gasteiger charge is 2.28. The Morgan fingerprint density at radius 1 is 1.25 bits per heavy atom. The molecule has 5 nitrogen and oxygen atoms in total. The van der Waals surface area contributed by atoms with Gasteiger partial charge in [0.15, 0.2) is 5.16 Å². The van der Waals surface area contributed by atoms with Crippen LogP contribution in [0.2, 0.25) is 0 Å². The van der Waals surface area contributed by atoms with E-state index in [1.807, 2.05) is 48.7 Å². The summed E-state index contributed by atoms with van der Waals surface area (Å²) in [7, 11) is 0. The summed E-state index contributed by atoms with van der Waals surface area (Å²) in [6.45, 7) is 4.00. The molecule has 0 aliphatic heterocycles. The van der Waals surface area contributed by atoms with Crippen LogP contribution in [-0.4, -0.2) is 15.5 Å². The predicted molar refractivity (Wildman–Crippen MR) is 115 cm³/mol. The molecule has 1 saturated carbocycles. The number of aryl methyl sites for hydroxylation is 2. The standard InChI is InChI=1S/C21H23N3O2S2/c1-12-13(2)27-19-16(12)20(26)24(15-10-6-7-11-15)21(23-19)28-17(18(22)25)14-8-4-3-5-9-14/h3-5,8-9,15,17H,6-7,10-11H2,1-2H3,(H2,22,25). The first-order chi connectivity index (χ1) is 13.5. The number of carbonyl (C=O) groups is 1. The molecule has 2 N–H and O–H groups in total. The van der Waals surface area contributed by atoms with E-state index in [-0.39, 0.29) is 11.6 Å². The molecule has 1 atom stereocenters. The predicted octanol–water partition coefficient (Wildman–Crippen LogP) is 4.51. The van der Waals surface area contributed by atoms with Crippen molar-refractivity contribution in [2.75, 3.05) is 0 Å². The third-order valence-electron chi connectivity index (χ3n) is 5.48. The van der Waals surface area contributed by atoms with Crippen LogP contribution in [0.1, 0.15) is 53.0 Å². The molecular formula is C21H23N3O2S2. The van der Waals surface area contributed by atoms with E-state index in [1.165, 1.54) is 23.1 Å². The normalized spacial score (nSPS) is 15.9. The molecule has 0 radical (unpaired) electrons. The van der Waals surface area contributed by atoms with Crippen LogP contribution in [0.15, 0.2) is 40.3 Å². The molecule has 1 aliphatic rings. The van der Waals surface area contributed by atoms with Gasteiger partial charge < -0.3 is 5.73 Å². The molecule has 0 bridgehead atoms. The van der Waals surface area contributed by atoms with Crippen molar-refractivity contribution in [1.82, 2.24) is 9.55 Å². The number of amides is 1. The van der Waals surface area contributed by atoms with Gasteiger partial charge in [-0.05, 0) is 37.8 Å². The second-order valence-corrected chi connectivity index (χ2v) is 9.56. The summed E-state index contributed by atoms with van der Waals surface area (Å²) in [5.74, 6) is -0.429. The van der Waals surface area contributed by atoms with Crippen LogP contribution in [0.25, 0.3) is 10.2 Å². The van der Waals surface area contributed by atoms with E-state index in [9.17, 15) is 9.59 Å². The molecule has 28 heavy (non-hydrogen) atoms. The Balaban J connectivity index is 1.88. The van der Waals surface area contributed by atoms with E-state index in [1.54, 1.807) is 0 Å². The van der Waals surface area contributed by atoms with Crippen LogP contribution in [0.5, 0.6) is 0 Å². The second kappa shape index (κ2) is 7.72. The van der Waals surface area contributed by atoms with Crippen molar-refractivity contribution < 1.29 is 4.79 Å². The maximum atomic E-state index is 13.5. The minimum atomic E-state index is -0.583. The Hall–Kier alpha value is -2.12. The van der Waals surface area contributed by atoms with Crippen molar-refractivity contribution in [3.63, 3.8) is 0 Å². The lowest BCUT2D eigenvalue weighted by Crippen LogP contribution is -2.27. The number of thiophene rings is 1. The van der Waals surface area contributed by atoms with E-state index in [4.69, 9.17) is 10.7 Å². The number of aromatic nitrogens is 2. The number of thioether (sulfide) groups is 1. The molecule has 0 spiro atoms. The minimum Gasteiger partial charge on any atom is -0.368 e. The summed E-state index contributed by atoms with van der Waals surface area (Å²) in [5, 5.41) is 0.729. The highest BCUT2D eigenvalue weighted by molar-refractivity contribution is 8.00. The molecule has 2 aromatic heterocycles. The summed E-state index contributed by atoms with van der Waals surface area (Å²) in [5.41, 5.74) is 7.57. The Labute approximate surface area is 172 Å². The number of hydrogen-bond acceptors (Lipinski definition) is 5. The van der Waals surface area contributed by atoms with Crippen LogP contribution >= 0.6 is 23.1 Å². The first-order valence-corrected chi connectivity index (χ1v) is 11.2. The number of primary amides is 1. The minimum absolute atomic E-state index is 0.0116. The smallest absolute Gasteiger partial charge is 0.263 e. The van der Waals surface area contributed by atoms with Crippen LogP contribution in [0, 0.1) is 13.8 Å². The van der Waals surface area contributed by atoms with Crippen LogP contribution in [-0.2, 0) is 4.79 Å². The molecule has 1 amide bonds. The van der Waals surface area contributed by atoms with Gasteiger partial charge in [0, 0.05) is 10.9 Å². The van der Waals surface area contributed by atoms with Gasteiger partial charge in [0.25, 0.3) is 5.56 Å². The fourth-order valence-corrected chi connectivity index (χ4v) is 6.07. The zero-order valence-corrected chi connectivity index (χ0v) is 17.6. The second-order valence-electron chi connectivity index (χ2n) is 7.28. The molecule has 2 heterocycles. The summed E-state index contributed by atoms with van der Waals surface area (Å²) < 4.78 is 1.83. The summed E-state index contributed by atoms with van der Waals surface area (Å²) in [4.78, 5) is 32.4. The number of fused-ring (bicyclic) bond motifs is 1. The molecule has 3 aromatic rings. The Morgan fingerprint density at radius 2 is 1.93 bits per heavy atom. The van der Waals surface area contributed by atoms with E-state index in [0.717, 1.165) is 46.5 Å². The zero-order chi connectivity index (χ0) is 19.8. The molecule has 0 saturated heterocycles. The topological polar surface area (TPSA) is 78.0 Å². The summed E-state index contributed by atoms with van der Waals surface area (Å²) in [6, 6.07) is 9.59. The van der Waals surface area contributed by atoms with Gasteiger partial charge in [0.05, 0.1) is 5.39 Å². The number of nitrogens with two attached hydrogens (primary N) is 1. The van der Waals surface area contributed by atoms with Gasteiger partial charge in [-0.3, -0.25) is 14.2 Å². The number of nitrogens with zero attached hydrogens (tertiary/aromatic N) is 2. The van der Waals surface area contributed by atoms with Crippen molar-refractivity contribution in [2.45, 2.75) is 56.0 Å². The van der Waals surface area contributed by atoms with Crippen molar-refractivity contribution in [1.29, 1.82) is 0 Å². The summed E-state index contributed by atoms with van der Waals surface area (Å²) in [6.07, 6.45) is 4.16. The molecule has 4 rings (SSSR count). The molecule has 1 fully saturated rings. The Morgan fingerprint density at radius 3 is 2.57 bits per heavy atom. The molecule has 7 heteroatoms. The quantitative estimate of drug-likeness (QED) is 0.493. The maximum absolute atomic E-state index is 13.5. The third kappa shape index (κ3) is 3.37.